The van der Waals surface area contributed by atoms with Gasteiger partial charge in [0.05, 0.1) is 22.5 Å². The summed E-state index contributed by atoms with van der Waals surface area (Å²) >= 11 is 0. The second-order valence-electron chi connectivity index (χ2n) is 6.13. The molecule has 0 unspecified atom stereocenters. The van der Waals surface area contributed by atoms with Crippen molar-refractivity contribution in [2.45, 2.75) is 11.3 Å². The normalized spacial score (nSPS) is 16.6. The summed E-state index contributed by atoms with van der Waals surface area (Å²) in [5.41, 5.74) is 0.556. The van der Waals surface area contributed by atoms with Gasteiger partial charge in [-0.15, -0.1) is 0 Å². The van der Waals surface area contributed by atoms with Crippen LogP contribution in [0, 0.1) is 0 Å². The maximum Gasteiger partial charge on any atom is 0.257 e. The molecule has 0 saturated carbocycles. The number of carbonyl (C=O) groups excluding carboxylic acids is 1. The maximum absolute atomic E-state index is 12.4. The number of sulfone groups is 1. The Morgan fingerprint density at radius 3 is 2.56 bits per heavy atom. The molecule has 2 heterocycles. The molecule has 1 aliphatic rings. The first-order valence-electron chi connectivity index (χ1n) is 8.38. The van der Waals surface area contributed by atoms with Gasteiger partial charge in [0.25, 0.3) is 5.91 Å². The SMILES string of the molecule is O=C(c1ccoc1)N1CCCN(CCS(=O)(=O)c2ccccc2)CC1. The van der Waals surface area contributed by atoms with E-state index in [1.807, 2.05) is 0 Å². The fourth-order valence-corrected chi connectivity index (χ4v) is 4.27. The van der Waals surface area contributed by atoms with Crippen LogP contribution in [0.1, 0.15) is 16.8 Å². The Bertz CT molecular complexity index is 788. The first kappa shape index (κ1) is 17.7. The molecule has 1 aliphatic heterocycles. The van der Waals surface area contributed by atoms with Crippen LogP contribution in [-0.4, -0.2) is 62.6 Å². The summed E-state index contributed by atoms with van der Waals surface area (Å²) in [6.07, 6.45) is 3.78. The largest absolute Gasteiger partial charge is 0.472 e. The fourth-order valence-electron chi connectivity index (χ4n) is 2.96. The molecule has 1 amide bonds. The summed E-state index contributed by atoms with van der Waals surface area (Å²) in [5, 5.41) is 0. The molecular formula is C18H22N2O4S. The van der Waals surface area contributed by atoms with Gasteiger partial charge in [0.1, 0.15) is 6.26 Å². The van der Waals surface area contributed by atoms with E-state index >= 15 is 0 Å². The van der Waals surface area contributed by atoms with Crippen molar-refractivity contribution in [3.05, 3.63) is 54.5 Å². The van der Waals surface area contributed by atoms with Gasteiger partial charge in [-0.3, -0.25) is 4.79 Å². The highest BCUT2D eigenvalue weighted by Crippen LogP contribution is 2.13. The highest BCUT2D eigenvalue weighted by molar-refractivity contribution is 7.91. The Labute approximate surface area is 148 Å². The number of nitrogens with zero attached hydrogens (tertiary/aromatic N) is 2. The van der Waals surface area contributed by atoms with Gasteiger partial charge in [0, 0.05) is 26.2 Å². The third kappa shape index (κ3) is 4.49. The van der Waals surface area contributed by atoms with Crippen LogP contribution in [0.15, 0.2) is 58.2 Å². The average Bonchev–Trinajstić information content (AvgIpc) is 3.06. The monoisotopic (exact) mass is 362 g/mol. The molecule has 6 nitrogen and oxygen atoms in total. The maximum atomic E-state index is 12.4. The summed E-state index contributed by atoms with van der Waals surface area (Å²) in [4.78, 5) is 16.7. The molecule has 0 N–H and O–H groups in total. The molecule has 3 rings (SSSR count). The Balaban J connectivity index is 1.54. The molecule has 0 aliphatic carbocycles. The zero-order chi connectivity index (χ0) is 17.7. The van der Waals surface area contributed by atoms with Crippen LogP contribution in [0.4, 0.5) is 0 Å². The molecule has 1 fully saturated rings. The third-order valence-corrected chi connectivity index (χ3v) is 6.13. The summed E-state index contributed by atoms with van der Waals surface area (Å²) < 4.78 is 29.7. The van der Waals surface area contributed by atoms with Crippen molar-refractivity contribution in [1.29, 1.82) is 0 Å². The Morgan fingerprint density at radius 1 is 1.04 bits per heavy atom. The first-order chi connectivity index (χ1) is 12.1. The smallest absolute Gasteiger partial charge is 0.257 e. The van der Waals surface area contributed by atoms with Crippen molar-refractivity contribution in [2.24, 2.45) is 0 Å². The topological polar surface area (TPSA) is 70.8 Å². The van der Waals surface area contributed by atoms with Crippen LogP contribution in [0.2, 0.25) is 0 Å². The summed E-state index contributed by atoms with van der Waals surface area (Å²) in [6, 6.07) is 10.2. The second-order valence-corrected chi connectivity index (χ2v) is 8.24. The van der Waals surface area contributed by atoms with Gasteiger partial charge in [0.2, 0.25) is 0 Å². The van der Waals surface area contributed by atoms with Crippen LogP contribution in [0.5, 0.6) is 0 Å². The van der Waals surface area contributed by atoms with Crippen LogP contribution in [0.25, 0.3) is 0 Å². The van der Waals surface area contributed by atoms with E-state index in [9.17, 15) is 13.2 Å². The minimum atomic E-state index is -3.27. The Morgan fingerprint density at radius 2 is 1.84 bits per heavy atom. The molecule has 134 valence electrons. The molecular weight excluding hydrogens is 340 g/mol. The molecule has 7 heteroatoms. The van der Waals surface area contributed by atoms with E-state index in [1.165, 1.54) is 12.5 Å². The van der Waals surface area contributed by atoms with Gasteiger partial charge in [-0.2, -0.15) is 0 Å². The molecule has 0 radical (unpaired) electrons. The molecule has 0 spiro atoms. The fraction of sp³-hybridized carbons (Fsp3) is 0.389. The number of carbonyl (C=O) groups is 1. The Kier molecular flexibility index (Phi) is 5.55. The van der Waals surface area contributed by atoms with E-state index in [0.717, 1.165) is 13.0 Å². The highest BCUT2D eigenvalue weighted by atomic mass is 32.2. The number of rotatable bonds is 5. The van der Waals surface area contributed by atoms with Crippen LogP contribution in [-0.2, 0) is 9.84 Å². The summed E-state index contributed by atoms with van der Waals surface area (Å²) in [6.45, 7) is 3.21. The number of furan rings is 1. The summed E-state index contributed by atoms with van der Waals surface area (Å²) in [5.74, 6) is 0.0553. The lowest BCUT2D eigenvalue weighted by atomic mass is 10.3. The average molecular weight is 362 g/mol. The van der Waals surface area contributed by atoms with E-state index in [2.05, 4.69) is 4.90 Å². The molecule has 0 bridgehead atoms. The van der Waals surface area contributed by atoms with Gasteiger partial charge in [-0.25, -0.2) is 8.42 Å². The lowest BCUT2D eigenvalue weighted by Gasteiger charge is -2.21. The van der Waals surface area contributed by atoms with E-state index in [-0.39, 0.29) is 11.7 Å². The highest BCUT2D eigenvalue weighted by Gasteiger charge is 2.22. The molecule has 1 aromatic heterocycles. The minimum absolute atomic E-state index is 0.0347. The number of hydrogen-bond acceptors (Lipinski definition) is 5. The van der Waals surface area contributed by atoms with Crippen molar-refractivity contribution >= 4 is 15.7 Å². The van der Waals surface area contributed by atoms with Gasteiger partial charge >= 0.3 is 0 Å². The number of hydrogen-bond donors (Lipinski definition) is 0. The third-order valence-electron chi connectivity index (χ3n) is 4.42. The van der Waals surface area contributed by atoms with Gasteiger partial charge in [0.15, 0.2) is 9.84 Å². The molecule has 0 atom stereocenters. The van der Waals surface area contributed by atoms with Crippen LogP contribution < -0.4 is 0 Å². The standard InChI is InChI=1S/C18H22N2O4S/c21-18(16-7-13-24-15-16)20-9-4-8-19(10-11-20)12-14-25(22,23)17-5-2-1-3-6-17/h1-3,5-7,13,15H,4,8-12,14H2. The van der Waals surface area contributed by atoms with Gasteiger partial charge in [-0.05, 0) is 31.2 Å². The number of amides is 1. The van der Waals surface area contributed by atoms with Crippen molar-refractivity contribution in [3.8, 4) is 0 Å². The predicted molar refractivity (Wildman–Crippen MR) is 94.2 cm³/mol. The lowest BCUT2D eigenvalue weighted by molar-refractivity contribution is 0.0761. The molecule has 2 aromatic rings. The van der Waals surface area contributed by atoms with Crippen LogP contribution >= 0.6 is 0 Å². The zero-order valence-electron chi connectivity index (χ0n) is 14.0. The Hall–Kier alpha value is -2.12. The summed E-state index contributed by atoms with van der Waals surface area (Å²) in [7, 11) is -3.27. The lowest BCUT2D eigenvalue weighted by Crippen LogP contribution is -2.36. The number of benzene rings is 1. The van der Waals surface area contributed by atoms with E-state index in [4.69, 9.17) is 4.42 Å². The molecule has 1 aromatic carbocycles. The minimum Gasteiger partial charge on any atom is -0.472 e. The molecule has 25 heavy (non-hydrogen) atoms. The second kappa shape index (κ2) is 7.84. The van der Waals surface area contributed by atoms with E-state index < -0.39 is 9.84 Å². The van der Waals surface area contributed by atoms with Crippen molar-refractivity contribution in [3.63, 3.8) is 0 Å². The van der Waals surface area contributed by atoms with Crippen molar-refractivity contribution < 1.29 is 17.6 Å². The molecule has 1 saturated heterocycles. The quantitative estimate of drug-likeness (QED) is 0.812. The van der Waals surface area contributed by atoms with Gasteiger partial charge in [-0.1, -0.05) is 18.2 Å². The zero-order valence-corrected chi connectivity index (χ0v) is 14.8. The van der Waals surface area contributed by atoms with Gasteiger partial charge < -0.3 is 14.2 Å². The van der Waals surface area contributed by atoms with E-state index in [0.29, 0.717) is 36.6 Å². The first-order valence-corrected chi connectivity index (χ1v) is 10.0. The van der Waals surface area contributed by atoms with E-state index in [1.54, 1.807) is 41.3 Å². The van der Waals surface area contributed by atoms with Crippen molar-refractivity contribution in [2.75, 3.05) is 38.5 Å². The van der Waals surface area contributed by atoms with Crippen LogP contribution in [0.3, 0.4) is 0 Å². The predicted octanol–water partition coefficient (Wildman–Crippen LogP) is 1.90. The van der Waals surface area contributed by atoms with Crippen molar-refractivity contribution in [1.82, 2.24) is 9.80 Å².